The summed E-state index contributed by atoms with van der Waals surface area (Å²) in [6, 6.07) is 17.2. The number of methoxy groups -OCH3 is 2. The quantitative estimate of drug-likeness (QED) is 0.662. The van der Waals surface area contributed by atoms with Crippen LogP contribution in [0.1, 0.15) is 27.7 Å². The van der Waals surface area contributed by atoms with Gasteiger partial charge in [-0.3, -0.25) is 4.79 Å². The monoisotopic (exact) mass is 392 g/mol. The first-order valence-electron chi connectivity index (χ1n) is 9.59. The lowest BCUT2D eigenvalue weighted by atomic mass is 10.1. The molecule has 1 aromatic heterocycles. The fourth-order valence-electron chi connectivity index (χ4n) is 3.80. The summed E-state index contributed by atoms with van der Waals surface area (Å²) in [5.41, 5.74) is 3.02. The maximum atomic E-state index is 12.8. The van der Waals surface area contributed by atoms with Gasteiger partial charge in [0.15, 0.2) is 11.5 Å². The number of nitrogens with zero attached hydrogens (tertiary/aromatic N) is 1. The normalized spacial score (nSPS) is 13.7. The van der Waals surface area contributed by atoms with Crippen molar-refractivity contribution in [3.05, 3.63) is 77.7 Å². The zero-order valence-corrected chi connectivity index (χ0v) is 16.6. The van der Waals surface area contributed by atoms with Crippen molar-refractivity contribution in [2.45, 2.75) is 12.5 Å². The molecule has 0 radical (unpaired) electrons. The highest BCUT2D eigenvalue weighted by Crippen LogP contribution is 2.35. The number of fused-ring (bicyclic) bond motifs is 1. The molecule has 150 valence electrons. The van der Waals surface area contributed by atoms with E-state index >= 15 is 0 Å². The Morgan fingerprint density at radius 3 is 2.69 bits per heavy atom. The second-order valence-electron chi connectivity index (χ2n) is 6.88. The summed E-state index contributed by atoms with van der Waals surface area (Å²) in [6.45, 7) is 1.31. The van der Waals surface area contributed by atoms with Gasteiger partial charge in [0.05, 0.1) is 20.5 Å². The molecule has 29 heavy (non-hydrogen) atoms. The molecule has 4 rings (SSSR count). The van der Waals surface area contributed by atoms with Crippen LogP contribution in [0.25, 0.3) is 0 Å². The summed E-state index contributed by atoms with van der Waals surface area (Å²) in [4.78, 5) is 15.1. The number of rotatable bonds is 7. The van der Waals surface area contributed by atoms with Crippen LogP contribution in [0.2, 0.25) is 0 Å². The average molecular weight is 392 g/mol. The highest BCUT2D eigenvalue weighted by molar-refractivity contribution is 5.95. The second-order valence-corrected chi connectivity index (χ2v) is 6.88. The van der Waals surface area contributed by atoms with E-state index in [1.807, 2.05) is 18.2 Å². The molecule has 1 atom stereocenters. The molecule has 1 N–H and O–H groups in total. The summed E-state index contributed by atoms with van der Waals surface area (Å²) in [5, 5.41) is 3.05. The number of hydrogen-bond acceptors (Lipinski definition) is 5. The van der Waals surface area contributed by atoms with Gasteiger partial charge >= 0.3 is 0 Å². The van der Waals surface area contributed by atoms with Crippen molar-refractivity contribution >= 4 is 11.6 Å². The SMILES string of the molecule is COc1ccc(C(=O)NC[C@H](c2ccco2)N2CCc3ccccc32)cc1OC. The second kappa shape index (κ2) is 8.31. The average Bonchev–Trinajstić information content (AvgIpc) is 3.44. The summed E-state index contributed by atoms with van der Waals surface area (Å²) in [5.74, 6) is 1.77. The Labute approximate surface area is 170 Å². The molecule has 0 unspecified atom stereocenters. The van der Waals surface area contributed by atoms with E-state index in [2.05, 4.69) is 28.4 Å². The van der Waals surface area contributed by atoms with Gasteiger partial charge in [0.1, 0.15) is 11.8 Å². The number of hydrogen-bond donors (Lipinski definition) is 1. The summed E-state index contributed by atoms with van der Waals surface area (Å²) in [6.07, 6.45) is 2.65. The van der Waals surface area contributed by atoms with Crippen LogP contribution in [0.5, 0.6) is 11.5 Å². The molecular weight excluding hydrogens is 368 g/mol. The van der Waals surface area contributed by atoms with E-state index in [0.29, 0.717) is 23.6 Å². The number of amides is 1. The molecule has 1 aliphatic rings. The highest BCUT2D eigenvalue weighted by atomic mass is 16.5. The predicted octanol–water partition coefficient (Wildman–Crippen LogP) is 3.83. The topological polar surface area (TPSA) is 63.9 Å². The van der Waals surface area contributed by atoms with Crippen LogP contribution in [-0.2, 0) is 6.42 Å². The lowest BCUT2D eigenvalue weighted by molar-refractivity contribution is 0.0949. The standard InChI is InChI=1S/C23H24N2O4/c1-27-21-10-9-17(14-22(21)28-2)23(26)24-15-19(20-8-5-13-29-20)25-12-11-16-6-3-4-7-18(16)25/h3-10,13-14,19H,11-12,15H2,1-2H3,(H,24,26)/t19-/m1/s1. The first kappa shape index (κ1) is 18.9. The van der Waals surface area contributed by atoms with E-state index in [1.165, 1.54) is 11.3 Å². The van der Waals surface area contributed by atoms with Crippen molar-refractivity contribution in [2.24, 2.45) is 0 Å². The Morgan fingerprint density at radius 1 is 1.10 bits per heavy atom. The number of anilines is 1. The van der Waals surface area contributed by atoms with Crippen molar-refractivity contribution in [3.63, 3.8) is 0 Å². The van der Waals surface area contributed by atoms with Crippen molar-refractivity contribution in [1.29, 1.82) is 0 Å². The number of para-hydroxylation sites is 1. The first-order chi connectivity index (χ1) is 14.2. The van der Waals surface area contributed by atoms with Crippen LogP contribution in [0, 0.1) is 0 Å². The van der Waals surface area contributed by atoms with Crippen LogP contribution in [0.4, 0.5) is 5.69 Å². The molecule has 2 heterocycles. The minimum atomic E-state index is -0.171. The van der Waals surface area contributed by atoms with Crippen LogP contribution < -0.4 is 19.7 Å². The molecule has 6 nitrogen and oxygen atoms in total. The lowest BCUT2D eigenvalue weighted by Crippen LogP contribution is -2.37. The third-order valence-electron chi connectivity index (χ3n) is 5.27. The maximum absolute atomic E-state index is 12.8. The molecule has 0 saturated carbocycles. The Hall–Kier alpha value is -3.41. The molecule has 0 aliphatic carbocycles. The summed E-state index contributed by atoms with van der Waals surface area (Å²) < 4.78 is 16.2. The van der Waals surface area contributed by atoms with E-state index in [-0.39, 0.29) is 11.9 Å². The molecule has 1 aliphatic heterocycles. The number of ether oxygens (including phenoxy) is 2. The van der Waals surface area contributed by atoms with Crippen molar-refractivity contribution in [2.75, 3.05) is 32.2 Å². The van der Waals surface area contributed by atoms with Crippen LogP contribution in [0.3, 0.4) is 0 Å². The third kappa shape index (κ3) is 3.78. The van der Waals surface area contributed by atoms with Gasteiger partial charge in [0.2, 0.25) is 0 Å². The number of nitrogens with one attached hydrogen (secondary N) is 1. The molecule has 1 amide bonds. The summed E-state index contributed by atoms with van der Waals surface area (Å²) in [7, 11) is 3.12. The van der Waals surface area contributed by atoms with Gasteiger partial charge in [-0.15, -0.1) is 0 Å². The Bertz CT molecular complexity index is 984. The number of carbonyl (C=O) groups excluding carboxylic acids is 1. The predicted molar refractivity (Wildman–Crippen MR) is 111 cm³/mol. The van der Waals surface area contributed by atoms with Crippen LogP contribution in [0.15, 0.2) is 65.3 Å². The van der Waals surface area contributed by atoms with Crippen molar-refractivity contribution in [3.8, 4) is 11.5 Å². The van der Waals surface area contributed by atoms with Crippen molar-refractivity contribution < 1.29 is 18.7 Å². The van der Waals surface area contributed by atoms with Gasteiger partial charge in [-0.1, -0.05) is 18.2 Å². The van der Waals surface area contributed by atoms with Gasteiger partial charge in [0.25, 0.3) is 5.91 Å². The van der Waals surface area contributed by atoms with E-state index in [0.717, 1.165) is 18.7 Å². The molecule has 0 fully saturated rings. The van der Waals surface area contributed by atoms with Gasteiger partial charge in [-0.25, -0.2) is 0 Å². The van der Waals surface area contributed by atoms with Gasteiger partial charge < -0.3 is 24.1 Å². The number of carbonyl (C=O) groups is 1. The van der Waals surface area contributed by atoms with E-state index < -0.39 is 0 Å². The largest absolute Gasteiger partial charge is 0.493 e. The summed E-state index contributed by atoms with van der Waals surface area (Å²) >= 11 is 0. The van der Waals surface area contributed by atoms with E-state index in [4.69, 9.17) is 13.9 Å². The molecule has 0 spiro atoms. The lowest BCUT2D eigenvalue weighted by Gasteiger charge is -2.29. The first-order valence-corrected chi connectivity index (χ1v) is 9.59. The Kier molecular flexibility index (Phi) is 5.42. The molecule has 0 saturated heterocycles. The number of benzene rings is 2. The molecule has 6 heteroatoms. The van der Waals surface area contributed by atoms with Gasteiger partial charge in [0, 0.05) is 24.3 Å². The van der Waals surface area contributed by atoms with Gasteiger partial charge in [-0.05, 0) is 48.4 Å². The fraction of sp³-hybridized carbons (Fsp3) is 0.261. The Morgan fingerprint density at radius 2 is 1.93 bits per heavy atom. The number of furan rings is 1. The van der Waals surface area contributed by atoms with Gasteiger partial charge in [-0.2, -0.15) is 0 Å². The van der Waals surface area contributed by atoms with Crippen LogP contribution in [-0.4, -0.2) is 33.2 Å². The molecule has 2 aromatic carbocycles. The minimum Gasteiger partial charge on any atom is -0.493 e. The fourth-order valence-corrected chi connectivity index (χ4v) is 3.80. The Balaban J connectivity index is 1.53. The third-order valence-corrected chi connectivity index (χ3v) is 5.27. The maximum Gasteiger partial charge on any atom is 0.251 e. The molecular formula is C23H24N2O4. The minimum absolute atomic E-state index is 0.0854. The van der Waals surface area contributed by atoms with Crippen molar-refractivity contribution in [1.82, 2.24) is 5.32 Å². The van der Waals surface area contributed by atoms with E-state index in [1.54, 1.807) is 38.7 Å². The zero-order chi connectivity index (χ0) is 20.2. The zero-order valence-electron chi connectivity index (χ0n) is 16.6. The van der Waals surface area contributed by atoms with Crippen LogP contribution >= 0.6 is 0 Å². The molecule has 0 bridgehead atoms. The molecule has 3 aromatic rings. The van der Waals surface area contributed by atoms with E-state index in [9.17, 15) is 4.79 Å². The highest BCUT2D eigenvalue weighted by Gasteiger charge is 2.29. The smallest absolute Gasteiger partial charge is 0.251 e.